The summed E-state index contributed by atoms with van der Waals surface area (Å²) in [5.41, 5.74) is 8.33. The van der Waals surface area contributed by atoms with Gasteiger partial charge >= 0.3 is 0 Å². The van der Waals surface area contributed by atoms with Gasteiger partial charge in [0.25, 0.3) is 0 Å². The van der Waals surface area contributed by atoms with Crippen LogP contribution in [-0.2, 0) is 0 Å². The summed E-state index contributed by atoms with van der Waals surface area (Å²) in [6.07, 6.45) is 14.3. The van der Waals surface area contributed by atoms with Crippen LogP contribution >= 0.6 is 0 Å². The molecule has 3 heterocycles. The summed E-state index contributed by atoms with van der Waals surface area (Å²) in [6, 6.07) is 36.4. The molecule has 4 atom stereocenters. The molecule has 8 rings (SSSR count). The number of hydrogen-bond donors (Lipinski definition) is 3. The number of rotatable bonds is 5. The van der Waals surface area contributed by atoms with E-state index in [1.165, 1.54) is 38.5 Å². The highest BCUT2D eigenvalue weighted by molar-refractivity contribution is 6.09. The van der Waals surface area contributed by atoms with Gasteiger partial charge in [0.05, 0.1) is 11.0 Å². The molecule has 1 aromatic heterocycles. The van der Waals surface area contributed by atoms with Gasteiger partial charge in [-0.05, 0) is 47.2 Å². The summed E-state index contributed by atoms with van der Waals surface area (Å²) < 4.78 is 2.43. The van der Waals surface area contributed by atoms with E-state index in [-0.39, 0.29) is 18.5 Å². The van der Waals surface area contributed by atoms with E-state index in [9.17, 15) is 0 Å². The Morgan fingerprint density at radius 3 is 2.30 bits per heavy atom. The predicted octanol–water partition coefficient (Wildman–Crippen LogP) is 7.98. The van der Waals surface area contributed by atoms with Gasteiger partial charge in [-0.1, -0.05) is 122 Å². The number of hydrogen-bond acceptors (Lipinski definition) is 4. The van der Waals surface area contributed by atoms with Gasteiger partial charge in [0, 0.05) is 28.1 Å². The molecule has 5 nitrogen and oxygen atoms in total. The third-order valence-corrected chi connectivity index (χ3v) is 8.89. The van der Waals surface area contributed by atoms with E-state index in [0.29, 0.717) is 5.92 Å². The number of aromatic nitrogens is 1. The van der Waals surface area contributed by atoms with Crippen molar-refractivity contribution in [1.82, 2.24) is 20.5 Å². The van der Waals surface area contributed by atoms with Gasteiger partial charge in [0.1, 0.15) is 24.3 Å². The van der Waals surface area contributed by atoms with Crippen LogP contribution in [0.5, 0.6) is 0 Å². The number of nitrogens with one attached hydrogen (secondary N) is 3. The molecule has 4 aromatic carbocycles. The minimum Gasteiger partial charge on any atom is -0.367 e. The van der Waals surface area contributed by atoms with Crippen LogP contribution in [0.25, 0.3) is 27.4 Å². The molecule has 0 saturated heterocycles. The molecular formula is C39H35N5. The summed E-state index contributed by atoms with van der Waals surface area (Å²) in [5.74, 6) is 1.48. The molecule has 1 aliphatic carbocycles. The second kappa shape index (κ2) is 11.2. The first-order chi connectivity index (χ1) is 21.7. The largest absolute Gasteiger partial charge is 0.367 e. The van der Waals surface area contributed by atoms with E-state index in [2.05, 4.69) is 155 Å². The third-order valence-electron chi connectivity index (χ3n) is 8.89. The first-order valence-corrected chi connectivity index (χ1v) is 15.5. The zero-order valence-electron chi connectivity index (χ0n) is 24.7. The highest BCUT2D eigenvalue weighted by Gasteiger charge is 2.27. The van der Waals surface area contributed by atoms with Crippen molar-refractivity contribution in [2.45, 2.75) is 31.8 Å². The Kier molecular flexibility index (Phi) is 6.73. The number of aliphatic imine (C=N–C) groups is 1. The molecule has 2 aliphatic heterocycles. The summed E-state index contributed by atoms with van der Waals surface area (Å²) in [4.78, 5) is 5.12. The summed E-state index contributed by atoms with van der Waals surface area (Å²) in [5, 5.41) is 13.6. The molecule has 0 amide bonds. The van der Waals surface area contributed by atoms with Crippen LogP contribution in [-0.4, -0.2) is 16.6 Å². The molecule has 0 radical (unpaired) electrons. The number of dihydropyridines is 1. The summed E-state index contributed by atoms with van der Waals surface area (Å²) >= 11 is 0. The van der Waals surface area contributed by atoms with Gasteiger partial charge in [-0.2, -0.15) is 0 Å². The number of benzene rings is 4. The minimum atomic E-state index is -0.210. The Balaban J connectivity index is 1.14. The average molecular weight is 574 g/mol. The highest BCUT2D eigenvalue weighted by atomic mass is 15.3. The van der Waals surface area contributed by atoms with Crippen molar-refractivity contribution in [3.63, 3.8) is 0 Å². The Labute approximate surface area is 258 Å². The van der Waals surface area contributed by atoms with Crippen molar-refractivity contribution in [1.29, 1.82) is 0 Å². The fraction of sp³-hybridized carbons (Fsp3) is 0.154. The van der Waals surface area contributed by atoms with E-state index in [4.69, 9.17) is 4.99 Å². The van der Waals surface area contributed by atoms with Crippen molar-refractivity contribution < 1.29 is 0 Å². The van der Waals surface area contributed by atoms with Crippen LogP contribution in [0.4, 0.5) is 0 Å². The lowest BCUT2D eigenvalue weighted by Gasteiger charge is -2.33. The second-order valence-electron chi connectivity index (χ2n) is 11.9. The molecule has 0 spiro atoms. The molecule has 44 heavy (non-hydrogen) atoms. The van der Waals surface area contributed by atoms with Crippen LogP contribution in [0, 0.1) is 5.92 Å². The highest BCUT2D eigenvalue weighted by Crippen LogP contribution is 2.35. The minimum absolute atomic E-state index is 0.0310. The van der Waals surface area contributed by atoms with E-state index >= 15 is 0 Å². The Morgan fingerprint density at radius 2 is 1.52 bits per heavy atom. The standard InChI is InChI=1S/C39H35N5/c1-26-16-18-27(19-17-26)30-20-22-33-32-14-8-9-15-34(32)44(35(33)24-30)36-23-21-31(25-40-36)39-42-37(28-10-4-2-5-11-28)41-38(43-39)29-12-6-3-7-13-29/h2-16,18-26,36-37,39-40,42H,17H2,1H3,(H,41,43). The zero-order valence-corrected chi connectivity index (χ0v) is 24.7. The van der Waals surface area contributed by atoms with Crippen molar-refractivity contribution in [2.75, 3.05) is 0 Å². The Hall–Kier alpha value is -5.13. The van der Waals surface area contributed by atoms with Gasteiger partial charge in [-0.25, -0.2) is 4.99 Å². The normalized spacial score (nSPS) is 23.1. The fourth-order valence-electron chi connectivity index (χ4n) is 6.53. The number of allylic oxidation sites excluding steroid dienone is 4. The SMILES string of the molecule is CC1C=CC(c2ccc3c4ccccc4n(C4C=CC(C5N=C(c6ccccc6)NC(c6ccccc6)N5)=CN4)c3c2)=CC1. The Morgan fingerprint density at radius 1 is 0.750 bits per heavy atom. The lowest BCUT2D eigenvalue weighted by atomic mass is 9.94. The van der Waals surface area contributed by atoms with Crippen molar-refractivity contribution in [3.8, 4) is 0 Å². The van der Waals surface area contributed by atoms with Crippen LogP contribution in [0.1, 0.15) is 42.4 Å². The molecule has 4 unspecified atom stereocenters. The molecule has 5 heteroatoms. The van der Waals surface area contributed by atoms with E-state index in [1.807, 2.05) is 12.1 Å². The topological polar surface area (TPSA) is 53.4 Å². The van der Waals surface area contributed by atoms with Crippen molar-refractivity contribution in [2.24, 2.45) is 10.9 Å². The van der Waals surface area contributed by atoms with Gasteiger partial charge < -0.3 is 15.2 Å². The molecule has 216 valence electrons. The third kappa shape index (κ3) is 4.85. The summed E-state index contributed by atoms with van der Waals surface area (Å²) in [7, 11) is 0. The van der Waals surface area contributed by atoms with Crippen molar-refractivity contribution in [3.05, 3.63) is 162 Å². The van der Waals surface area contributed by atoms with E-state index in [0.717, 1.165) is 23.4 Å². The second-order valence-corrected chi connectivity index (χ2v) is 11.9. The molecule has 0 fully saturated rings. The molecular weight excluding hydrogens is 538 g/mol. The van der Waals surface area contributed by atoms with E-state index < -0.39 is 0 Å². The quantitative estimate of drug-likeness (QED) is 0.200. The fourth-order valence-corrected chi connectivity index (χ4v) is 6.53. The van der Waals surface area contributed by atoms with Crippen molar-refractivity contribution >= 4 is 33.2 Å². The predicted molar refractivity (Wildman–Crippen MR) is 182 cm³/mol. The lowest BCUT2D eigenvalue weighted by Crippen LogP contribution is -2.49. The average Bonchev–Trinajstić information content (AvgIpc) is 3.43. The molecule has 5 aromatic rings. The van der Waals surface area contributed by atoms with Gasteiger partial charge in [0.2, 0.25) is 0 Å². The van der Waals surface area contributed by atoms with Crippen LogP contribution < -0.4 is 16.0 Å². The summed E-state index contributed by atoms with van der Waals surface area (Å²) in [6.45, 7) is 2.27. The Bertz CT molecular complexity index is 1990. The van der Waals surface area contributed by atoms with Crippen LogP contribution in [0.2, 0.25) is 0 Å². The van der Waals surface area contributed by atoms with Gasteiger partial charge in [-0.15, -0.1) is 0 Å². The zero-order chi connectivity index (χ0) is 29.5. The van der Waals surface area contributed by atoms with E-state index in [1.54, 1.807) is 0 Å². The molecule has 3 aliphatic rings. The van der Waals surface area contributed by atoms with Gasteiger partial charge in [0.15, 0.2) is 0 Å². The number of nitrogens with zero attached hydrogens (tertiary/aromatic N) is 2. The van der Waals surface area contributed by atoms with Gasteiger partial charge in [-0.3, -0.25) is 5.32 Å². The maximum Gasteiger partial charge on any atom is 0.131 e. The number of para-hydroxylation sites is 1. The number of fused-ring (bicyclic) bond motifs is 3. The van der Waals surface area contributed by atoms with Crippen LogP contribution in [0.15, 0.2) is 150 Å². The number of amidine groups is 1. The molecule has 3 N–H and O–H groups in total. The molecule has 0 bridgehead atoms. The first kappa shape index (κ1) is 26.5. The van der Waals surface area contributed by atoms with Crippen LogP contribution in [0.3, 0.4) is 0 Å². The molecule has 0 saturated carbocycles. The maximum atomic E-state index is 5.12. The lowest BCUT2D eigenvalue weighted by molar-refractivity contribution is 0.431. The smallest absolute Gasteiger partial charge is 0.131 e. The maximum absolute atomic E-state index is 5.12. The first-order valence-electron chi connectivity index (χ1n) is 15.5. The monoisotopic (exact) mass is 573 g/mol.